The summed E-state index contributed by atoms with van der Waals surface area (Å²) in [6.07, 6.45) is 1.60. The number of fused-ring (bicyclic) bond motifs is 1. The van der Waals surface area contributed by atoms with Crippen molar-refractivity contribution in [3.05, 3.63) is 131 Å². The first-order chi connectivity index (χ1) is 18.4. The van der Waals surface area contributed by atoms with Gasteiger partial charge >= 0.3 is 0 Å². The number of methoxy groups -OCH3 is 1. The van der Waals surface area contributed by atoms with E-state index in [9.17, 15) is 19.7 Å². The highest BCUT2D eigenvalue weighted by Gasteiger charge is 2.32. The molecule has 1 amide bonds. The topological polar surface area (TPSA) is 116 Å². The van der Waals surface area contributed by atoms with Crippen molar-refractivity contribution in [1.82, 2.24) is 4.57 Å². The van der Waals surface area contributed by atoms with Crippen LogP contribution in [0, 0.1) is 10.1 Å². The average Bonchev–Trinajstić information content (AvgIpc) is 3.22. The minimum atomic E-state index is -0.766. The van der Waals surface area contributed by atoms with Gasteiger partial charge in [0.1, 0.15) is 5.75 Å². The summed E-state index contributed by atoms with van der Waals surface area (Å²) in [5, 5.41) is 14.1. The molecule has 1 N–H and O–H groups in total. The van der Waals surface area contributed by atoms with Gasteiger partial charge in [0, 0.05) is 17.8 Å². The van der Waals surface area contributed by atoms with Gasteiger partial charge in [-0.25, -0.2) is 4.99 Å². The number of thiazole rings is 1. The number of carbonyl (C=O) groups is 1. The fourth-order valence-corrected chi connectivity index (χ4v) is 5.38. The maximum atomic E-state index is 13.8. The Morgan fingerprint density at radius 2 is 1.87 bits per heavy atom. The average molecular weight is 527 g/mol. The second-order valence-corrected chi connectivity index (χ2v) is 9.54. The lowest BCUT2D eigenvalue weighted by Gasteiger charge is -2.25. The molecule has 1 aliphatic rings. The molecule has 2 heterocycles. The van der Waals surface area contributed by atoms with E-state index in [-0.39, 0.29) is 17.2 Å². The van der Waals surface area contributed by atoms with Crippen LogP contribution in [0.2, 0.25) is 0 Å². The number of nitro benzene ring substituents is 1. The maximum Gasteiger partial charge on any atom is 0.271 e. The summed E-state index contributed by atoms with van der Waals surface area (Å²) in [6, 6.07) is 21.5. The number of hydrogen-bond donors (Lipinski definition) is 1. The van der Waals surface area contributed by atoms with Crippen molar-refractivity contribution < 1.29 is 14.5 Å². The van der Waals surface area contributed by atoms with Gasteiger partial charge in [-0.3, -0.25) is 24.3 Å². The quantitative estimate of drug-likeness (QED) is 0.303. The molecule has 0 radical (unpaired) electrons. The predicted octanol–water partition coefficient (Wildman–Crippen LogP) is 3.79. The van der Waals surface area contributed by atoms with E-state index in [1.807, 2.05) is 24.3 Å². The molecule has 38 heavy (non-hydrogen) atoms. The second-order valence-electron chi connectivity index (χ2n) is 8.53. The minimum Gasteiger partial charge on any atom is -0.497 e. The molecule has 1 aliphatic heterocycles. The zero-order valence-electron chi connectivity index (χ0n) is 20.5. The summed E-state index contributed by atoms with van der Waals surface area (Å²) in [5.74, 6) is 0.205. The number of rotatable bonds is 6. The lowest BCUT2D eigenvalue weighted by molar-refractivity contribution is -0.384. The third kappa shape index (κ3) is 4.76. The van der Waals surface area contributed by atoms with E-state index >= 15 is 0 Å². The first-order valence-electron chi connectivity index (χ1n) is 11.6. The van der Waals surface area contributed by atoms with Crippen LogP contribution in [0.25, 0.3) is 6.08 Å². The van der Waals surface area contributed by atoms with Gasteiger partial charge in [-0.1, -0.05) is 53.8 Å². The lowest BCUT2D eigenvalue weighted by Crippen LogP contribution is -2.40. The van der Waals surface area contributed by atoms with Crippen molar-refractivity contribution in [1.29, 1.82) is 0 Å². The van der Waals surface area contributed by atoms with Gasteiger partial charge in [0.25, 0.3) is 17.2 Å². The van der Waals surface area contributed by atoms with E-state index < -0.39 is 11.0 Å². The van der Waals surface area contributed by atoms with Crippen LogP contribution in [0.15, 0.2) is 99.9 Å². The Kier molecular flexibility index (Phi) is 6.71. The number of amides is 1. The highest BCUT2D eigenvalue weighted by atomic mass is 32.1. The monoisotopic (exact) mass is 526 g/mol. The fraction of sp³-hybridized carbons (Fsp3) is 0.107. The van der Waals surface area contributed by atoms with Gasteiger partial charge in [-0.2, -0.15) is 0 Å². The Morgan fingerprint density at radius 3 is 2.61 bits per heavy atom. The lowest BCUT2D eigenvalue weighted by atomic mass is 9.95. The highest BCUT2D eigenvalue weighted by molar-refractivity contribution is 7.07. The molecule has 10 heteroatoms. The summed E-state index contributed by atoms with van der Waals surface area (Å²) in [7, 11) is 1.55. The molecule has 9 nitrogen and oxygen atoms in total. The number of allylic oxidation sites excluding steroid dienone is 1. The van der Waals surface area contributed by atoms with E-state index in [4.69, 9.17) is 4.74 Å². The molecular formula is C28H22N4O5S. The van der Waals surface area contributed by atoms with Gasteiger partial charge in [0.15, 0.2) is 4.80 Å². The summed E-state index contributed by atoms with van der Waals surface area (Å²) in [6.45, 7) is 1.74. The molecule has 0 aliphatic carbocycles. The number of hydrogen-bond acceptors (Lipinski definition) is 7. The number of carbonyl (C=O) groups excluding carboxylic acids is 1. The van der Waals surface area contributed by atoms with Gasteiger partial charge in [0.2, 0.25) is 0 Å². The van der Waals surface area contributed by atoms with Crippen molar-refractivity contribution in [2.75, 3.05) is 12.4 Å². The van der Waals surface area contributed by atoms with E-state index in [2.05, 4.69) is 10.3 Å². The molecule has 0 saturated carbocycles. The zero-order chi connectivity index (χ0) is 26.8. The van der Waals surface area contributed by atoms with Crippen molar-refractivity contribution in [3.8, 4) is 5.75 Å². The molecule has 1 aromatic heterocycles. The fourth-order valence-electron chi connectivity index (χ4n) is 4.34. The number of nitrogens with zero attached hydrogens (tertiary/aromatic N) is 3. The van der Waals surface area contributed by atoms with Crippen molar-refractivity contribution >= 4 is 34.7 Å². The summed E-state index contributed by atoms with van der Waals surface area (Å²) in [5.41, 5.74) is 2.19. The predicted molar refractivity (Wildman–Crippen MR) is 145 cm³/mol. The Bertz CT molecular complexity index is 1770. The van der Waals surface area contributed by atoms with Gasteiger partial charge in [0.05, 0.1) is 33.9 Å². The van der Waals surface area contributed by atoms with E-state index in [0.717, 1.165) is 11.3 Å². The van der Waals surface area contributed by atoms with Gasteiger partial charge < -0.3 is 10.1 Å². The Labute approximate surface area is 220 Å². The second kappa shape index (κ2) is 10.3. The number of nitrogens with one attached hydrogen (secondary N) is 1. The molecule has 0 bridgehead atoms. The minimum absolute atomic E-state index is 0.0727. The molecule has 5 rings (SSSR count). The van der Waals surface area contributed by atoms with Crippen molar-refractivity contribution in [3.63, 3.8) is 0 Å². The molecule has 3 aromatic carbocycles. The smallest absolute Gasteiger partial charge is 0.271 e. The number of anilines is 1. The van der Waals surface area contributed by atoms with Crippen LogP contribution in [0.5, 0.6) is 5.75 Å². The Balaban J connectivity index is 1.68. The number of benzene rings is 3. The highest BCUT2D eigenvalue weighted by Crippen LogP contribution is 2.32. The molecule has 1 atom stereocenters. The van der Waals surface area contributed by atoms with Crippen LogP contribution in [0.4, 0.5) is 11.4 Å². The van der Waals surface area contributed by atoms with Crippen molar-refractivity contribution in [2.45, 2.75) is 13.0 Å². The van der Waals surface area contributed by atoms with Crippen LogP contribution < -0.4 is 24.9 Å². The Morgan fingerprint density at radius 1 is 1.11 bits per heavy atom. The number of nitro groups is 1. The van der Waals surface area contributed by atoms with Crippen LogP contribution in [0.3, 0.4) is 0 Å². The normalized spacial score (nSPS) is 15.0. The summed E-state index contributed by atoms with van der Waals surface area (Å²) < 4.78 is 7.25. The number of non-ortho nitro benzene ring substituents is 1. The van der Waals surface area contributed by atoms with Crippen LogP contribution in [-0.2, 0) is 4.79 Å². The van der Waals surface area contributed by atoms with Gasteiger partial charge in [-0.15, -0.1) is 0 Å². The molecule has 190 valence electrons. The maximum absolute atomic E-state index is 13.8. The zero-order valence-corrected chi connectivity index (χ0v) is 21.3. The van der Waals surface area contributed by atoms with Crippen molar-refractivity contribution in [2.24, 2.45) is 4.99 Å². The molecule has 0 fully saturated rings. The molecule has 4 aromatic rings. The van der Waals surface area contributed by atoms with E-state index in [1.54, 1.807) is 62.6 Å². The third-order valence-corrected chi connectivity index (χ3v) is 7.07. The van der Waals surface area contributed by atoms with Crippen LogP contribution >= 0.6 is 11.3 Å². The first kappa shape index (κ1) is 24.8. The first-order valence-corrected chi connectivity index (χ1v) is 12.4. The summed E-state index contributed by atoms with van der Waals surface area (Å²) in [4.78, 5) is 43.1. The largest absolute Gasteiger partial charge is 0.497 e. The van der Waals surface area contributed by atoms with Gasteiger partial charge in [-0.05, 0) is 48.4 Å². The SMILES string of the molecule is COc1cccc([C@H]2C(C(=O)Nc3ccccc3)=C(C)N=c3s/c(=C\c4cccc([N+](=O)[O-])c4)c(=O)n32)c1. The third-order valence-electron chi connectivity index (χ3n) is 6.09. The Hall–Kier alpha value is -4.83. The van der Waals surface area contributed by atoms with E-state index in [0.29, 0.717) is 43.2 Å². The molecule has 0 spiro atoms. The van der Waals surface area contributed by atoms with Crippen LogP contribution in [0.1, 0.15) is 24.1 Å². The molecular weight excluding hydrogens is 504 g/mol. The number of aromatic nitrogens is 1. The number of ether oxygens (including phenoxy) is 1. The van der Waals surface area contributed by atoms with Crippen LogP contribution in [-0.4, -0.2) is 22.5 Å². The summed E-state index contributed by atoms with van der Waals surface area (Å²) >= 11 is 1.16. The van der Waals surface area contributed by atoms with E-state index in [1.165, 1.54) is 16.7 Å². The number of para-hydroxylation sites is 1. The standard InChI is InChI=1S/C28H22N4O5S/c1-17-24(26(33)30-20-10-4-3-5-11-20)25(19-9-7-13-22(16-19)37-2)31-27(34)23(38-28(31)29-17)15-18-8-6-12-21(14-18)32(35)36/h3-16,25H,1-2H3,(H,30,33)/b23-15-/t25-/m0/s1. The molecule has 0 unspecified atom stereocenters. The molecule has 0 saturated heterocycles.